The molecule has 0 saturated heterocycles. The molecule has 1 aromatic carbocycles. The maximum Gasteiger partial charge on any atom is 0.216 e. The van der Waals surface area contributed by atoms with Gasteiger partial charge in [-0.1, -0.05) is 29.5 Å². The molecule has 0 unspecified atom stereocenters. The molecule has 1 rings (SSSR count). The van der Waals surface area contributed by atoms with Crippen molar-refractivity contribution in [3.63, 3.8) is 0 Å². The molecule has 0 fully saturated rings. The maximum atomic E-state index is 11.1. The molecular weight excluding hydrogens is 250 g/mol. The summed E-state index contributed by atoms with van der Waals surface area (Å²) in [6.07, 6.45) is 0.560. The van der Waals surface area contributed by atoms with Crippen LogP contribution in [0.3, 0.4) is 0 Å². The van der Waals surface area contributed by atoms with Crippen LogP contribution in [0.15, 0.2) is 18.2 Å². The number of carbonyl (C=O) groups is 2. The third-order valence-electron chi connectivity index (χ3n) is 2.22. The van der Waals surface area contributed by atoms with E-state index in [-0.39, 0.29) is 11.7 Å². The van der Waals surface area contributed by atoms with Crippen molar-refractivity contribution in [3.05, 3.63) is 34.3 Å². The van der Waals surface area contributed by atoms with E-state index in [2.05, 4.69) is 17.2 Å². The van der Waals surface area contributed by atoms with E-state index < -0.39 is 0 Å². The largest absolute Gasteiger partial charge is 0.355 e. The Labute approximate surface area is 112 Å². The lowest BCUT2D eigenvalue weighted by molar-refractivity contribution is -0.118. The normalized spacial score (nSPS) is 9.28. The molecule has 94 valence electrons. The van der Waals surface area contributed by atoms with E-state index in [0.717, 1.165) is 0 Å². The Morgan fingerprint density at radius 2 is 2.06 bits per heavy atom. The Bertz CT molecular complexity index is 526. The number of benzene rings is 1. The van der Waals surface area contributed by atoms with Gasteiger partial charge in [0.15, 0.2) is 5.78 Å². The molecule has 0 saturated carbocycles. The van der Waals surface area contributed by atoms with Crippen LogP contribution in [0.1, 0.15) is 36.2 Å². The number of halogens is 1. The number of ketones is 1. The first-order valence-electron chi connectivity index (χ1n) is 5.54. The van der Waals surface area contributed by atoms with Gasteiger partial charge in [0.05, 0.1) is 5.02 Å². The lowest BCUT2D eigenvalue weighted by atomic mass is 10.1. The van der Waals surface area contributed by atoms with Crippen LogP contribution in [0, 0.1) is 11.8 Å². The zero-order valence-electron chi connectivity index (χ0n) is 10.3. The zero-order valence-corrected chi connectivity index (χ0v) is 11.1. The fraction of sp³-hybridized carbons (Fsp3) is 0.286. The quantitative estimate of drug-likeness (QED) is 0.517. The third kappa shape index (κ3) is 4.60. The Morgan fingerprint density at radius 3 is 2.61 bits per heavy atom. The first-order valence-corrected chi connectivity index (χ1v) is 5.92. The predicted octanol–water partition coefficient (Wildman–Crippen LogP) is 2.42. The molecular formula is C14H14ClNO2. The highest BCUT2D eigenvalue weighted by Gasteiger charge is 2.02. The average molecular weight is 264 g/mol. The number of rotatable bonds is 3. The van der Waals surface area contributed by atoms with Gasteiger partial charge in [-0.3, -0.25) is 9.59 Å². The Balaban J connectivity index is 2.65. The van der Waals surface area contributed by atoms with Crippen LogP contribution in [0.25, 0.3) is 0 Å². The Morgan fingerprint density at radius 1 is 1.33 bits per heavy atom. The number of hydrogen-bond acceptors (Lipinski definition) is 2. The van der Waals surface area contributed by atoms with Gasteiger partial charge in [-0.05, 0) is 19.1 Å². The molecule has 0 heterocycles. The lowest BCUT2D eigenvalue weighted by Crippen LogP contribution is -2.20. The van der Waals surface area contributed by atoms with Gasteiger partial charge in [-0.25, -0.2) is 0 Å². The van der Waals surface area contributed by atoms with Crippen molar-refractivity contribution in [2.75, 3.05) is 6.54 Å². The second kappa shape index (κ2) is 6.83. The van der Waals surface area contributed by atoms with Crippen molar-refractivity contribution in [3.8, 4) is 11.8 Å². The fourth-order valence-electron chi connectivity index (χ4n) is 1.29. The van der Waals surface area contributed by atoms with Gasteiger partial charge in [-0.15, -0.1) is 0 Å². The van der Waals surface area contributed by atoms with Crippen LogP contribution >= 0.6 is 11.6 Å². The number of nitrogens with one attached hydrogen (secondary N) is 1. The highest BCUT2D eigenvalue weighted by atomic mass is 35.5. The summed E-state index contributed by atoms with van der Waals surface area (Å²) in [6, 6.07) is 5.04. The summed E-state index contributed by atoms with van der Waals surface area (Å²) in [4.78, 5) is 21.8. The van der Waals surface area contributed by atoms with E-state index >= 15 is 0 Å². The van der Waals surface area contributed by atoms with Crippen LogP contribution < -0.4 is 5.32 Å². The van der Waals surface area contributed by atoms with Crippen molar-refractivity contribution in [1.82, 2.24) is 5.32 Å². The lowest BCUT2D eigenvalue weighted by Gasteiger charge is -1.99. The number of hydrogen-bond donors (Lipinski definition) is 1. The molecule has 0 aliphatic carbocycles. The van der Waals surface area contributed by atoms with E-state index in [9.17, 15) is 9.59 Å². The van der Waals surface area contributed by atoms with E-state index in [0.29, 0.717) is 29.1 Å². The predicted molar refractivity (Wildman–Crippen MR) is 71.6 cm³/mol. The van der Waals surface area contributed by atoms with E-state index in [1.165, 1.54) is 13.8 Å². The minimum atomic E-state index is -0.0688. The van der Waals surface area contributed by atoms with Gasteiger partial charge in [0.1, 0.15) is 0 Å². The molecule has 0 spiro atoms. The summed E-state index contributed by atoms with van der Waals surface area (Å²) in [5, 5.41) is 3.12. The van der Waals surface area contributed by atoms with Gasteiger partial charge >= 0.3 is 0 Å². The Kier molecular flexibility index (Phi) is 5.41. The molecule has 1 N–H and O–H groups in total. The van der Waals surface area contributed by atoms with Crippen LogP contribution in [0.5, 0.6) is 0 Å². The topological polar surface area (TPSA) is 46.2 Å². The van der Waals surface area contributed by atoms with E-state index in [1.807, 2.05) is 0 Å². The van der Waals surface area contributed by atoms with Gasteiger partial charge in [0.25, 0.3) is 0 Å². The minimum absolute atomic E-state index is 0.0259. The molecule has 0 atom stereocenters. The standard InChI is InChI=1S/C14H14ClNO2/c1-10(17)13-7-6-12(14(15)9-13)5-3-4-8-16-11(2)18/h6-7,9H,4,8H2,1-2H3,(H,16,18). The minimum Gasteiger partial charge on any atom is -0.355 e. The molecule has 0 aromatic heterocycles. The number of amides is 1. The summed E-state index contributed by atoms with van der Waals surface area (Å²) in [7, 11) is 0. The molecule has 18 heavy (non-hydrogen) atoms. The second-order valence-electron chi connectivity index (χ2n) is 3.79. The van der Waals surface area contributed by atoms with Crippen molar-refractivity contribution >= 4 is 23.3 Å². The average Bonchev–Trinajstić information content (AvgIpc) is 2.29. The summed E-state index contributed by atoms with van der Waals surface area (Å²) in [6.45, 7) is 3.47. The molecule has 1 aromatic rings. The second-order valence-corrected chi connectivity index (χ2v) is 4.19. The van der Waals surface area contributed by atoms with Crippen molar-refractivity contribution < 1.29 is 9.59 Å². The number of Topliss-reactive ketones (excluding diaryl/α,β-unsaturated/α-hetero) is 1. The SMILES string of the molecule is CC(=O)NCCC#Cc1ccc(C(C)=O)cc1Cl. The molecule has 0 bridgehead atoms. The van der Waals surface area contributed by atoms with Crippen LogP contribution in [-0.4, -0.2) is 18.2 Å². The van der Waals surface area contributed by atoms with Crippen molar-refractivity contribution in [1.29, 1.82) is 0 Å². The summed E-state index contributed by atoms with van der Waals surface area (Å²) >= 11 is 6.01. The maximum absolute atomic E-state index is 11.1. The molecule has 0 aliphatic heterocycles. The molecule has 1 amide bonds. The van der Waals surface area contributed by atoms with Crippen LogP contribution in [-0.2, 0) is 4.79 Å². The first-order chi connectivity index (χ1) is 8.50. The molecule has 4 heteroatoms. The van der Waals surface area contributed by atoms with Gasteiger partial charge in [-0.2, -0.15) is 0 Å². The highest BCUT2D eigenvalue weighted by Crippen LogP contribution is 2.17. The highest BCUT2D eigenvalue weighted by molar-refractivity contribution is 6.32. The van der Waals surface area contributed by atoms with Crippen molar-refractivity contribution in [2.24, 2.45) is 0 Å². The zero-order chi connectivity index (χ0) is 13.5. The van der Waals surface area contributed by atoms with Crippen LogP contribution in [0.4, 0.5) is 0 Å². The smallest absolute Gasteiger partial charge is 0.216 e. The first kappa shape index (κ1) is 14.3. The molecule has 3 nitrogen and oxygen atoms in total. The Hall–Kier alpha value is -1.79. The number of carbonyl (C=O) groups excluding carboxylic acids is 2. The monoisotopic (exact) mass is 263 g/mol. The summed E-state index contributed by atoms with van der Waals surface area (Å²) < 4.78 is 0. The van der Waals surface area contributed by atoms with Gasteiger partial charge in [0.2, 0.25) is 5.91 Å². The molecule has 0 aliphatic rings. The third-order valence-corrected chi connectivity index (χ3v) is 2.54. The van der Waals surface area contributed by atoms with E-state index in [1.54, 1.807) is 18.2 Å². The van der Waals surface area contributed by atoms with Crippen molar-refractivity contribution in [2.45, 2.75) is 20.3 Å². The molecule has 0 radical (unpaired) electrons. The van der Waals surface area contributed by atoms with Gasteiger partial charge < -0.3 is 5.32 Å². The fourth-order valence-corrected chi connectivity index (χ4v) is 1.52. The van der Waals surface area contributed by atoms with E-state index in [4.69, 9.17) is 11.6 Å². The van der Waals surface area contributed by atoms with Gasteiger partial charge in [0, 0.05) is 31.0 Å². The summed E-state index contributed by atoms with van der Waals surface area (Å²) in [5.41, 5.74) is 1.26. The van der Waals surface area contributed by atoms with Crippen LogP contribution in [0.2, 0.25) is 5.02 Å². The summed E-state index contributed by atoms with van der Waals surface area (Å²) in [5.74, 6) is 5.73.